The van der Waals surface area contributed by atoms with Crippen LogP contribution >= 0.6 is 0 Å². The number of nitrogens with zero attached hydrogens (tertiary/aromatic N) is 1. The fourth-order valence-corrected chi connectivity index (χ4v) is 3.21. The predicted octanol–water partition coefficient (Wildman–Crippen LogP) is 2.62. The summed E-state index contributed by atoms with van der Waals surface area (Å²) in [5, 5.41) is 0. The largest absolute Gasteiger partial charge is 0.380 e. The zero-order chi connectivity index (χ0) is 14.4. The Bertz CT molecular complexity index is 382. The quantitative estimate of drug-likeness (QED) is 0.868. The van der Waals surface area contributed by atoms with Gasteiger partial charge in [0.2, 0.25) is 0 Å². The zero-order valence-corrected chi connectivity index (χ0v) is 12.8. The number of hydrogen-bond donors (Lipinski definition) is 1. The van der Waals surface area contributed by atoms with Crippen molar-refractivity contribution in [1.82, 2.24) is 4.90 Å². The van der Waals surface area contributed by atoms with Gasteiger partial charge in [0.25, 0.3) is 0 Å². The summed E-state index contributed by atoms with van der Waals surface area (Å²) in [7, 11) is 1.82. The third kappa shape index (κ3) is 4.05. The molecule has 1 fully saturated rings. The molecule has 1 heterocycles. The molecule has 112 valence electrons. The summed E-state index contributed by atoms with van der Waals surface area (Å²) in [6.45, 7) is 5.21. The molecule has 2 rings (SSSR count). The molecule has 0 saturated carbocycles. The van der Waals surface area contributed by atoms with Crippen molar-refractivity contribution in [2.45, 2.75) is 44.2 Å². The van der Waals surface area contributed by atoms with E-state index in [1.165, 1.54) is 18.4 Å². The van der Waals surface area contributed by atoms with E-state index in [2.05, 4.69) is 42.2 Å². The third-order valence-electron chi connectivity index (χ3n) is 4.53. The highest BCUT2D eigenvalue weighted by atomic mass is 16.5. The zero-order valence-electron chi connectivity index (χ0n) is 12.8. The molecule has 3 nitrogen and oxygen atoms in total. The van der Waals surface area contributed by atoms with Crippen LogP contribution in [-0.2, 0) is 4.74 Å². The van der Waals surface area contributed by atoms with Crippen molar-refractivity contribution in [3.05, 3.63) is 35.9 Å². The van der Waals surface area contributed by atoms with Gasteiger partial charge in [-0.2, -0.15) is 0 Å². The Morgan fingerprint density at radius 1 is 1.35 bits per heavy atom. The number of rotatable bonds is 6. The van der Waals surface area contributed by atoms with Crippen LogP contribution in [0.25, 0.3) is 0 Å². The van der Waals surface area contributed by atoms with E-state index in [-0.39, 0.29) is 0 Å². The topological polar surface area (TPSA) is 38.5 Å². The van der Waals surface area contributed by atoms with Crippen molar-refractivity contribution in [1.29, 1.82) is 0 Å². The fourth-order valence-electron chi connectivity index (χ4n) is 3.21. The van der Waals surface area contributed by atoms with Gasteiger partial charge in [-0.15, -0.1) is 0 Å². The van der Waals surface area contributed by atoms with Crippen LogP contribution in [0.5, 0.6) is 0 Å². The first kappa shape index (κ1) is 15.5. The molecule has 1 aliphatic heterocycles. The molecular formula is C17H28N2O. The maximum Gasteiger partial charge on any atom is 0.0698 e. The van der Waals surface area contributed by atoms with Gasteiger partial charge in [0.1, 0.15) is 0 Å². The van der Waals surface area contributed by atoms with Crippen molar-refractivity contribution in [2.24, 2.45) is 5.73 Å². The highest BCUT2D eigenvalue weighted by molar-refractivity contribution is 5.19. The van der Waals surface area contributed by atoms with Gasteiger partial charge in [-0.05, 0) is 37.3 Å². The van der Waals surface area contributed by atoms with Crippen molar-refractivity contribution in [3.63, 3.8) is 0 Å². The number of nitrogens with two attached hydrogens (primary N) is 1. The number of piperidine rings is 1. The Kier molecular flexibility index (Phi) is 6.02. The van der Waals surface area contributed by atoms with Crippen LogP contribution in [0, 0.1) is 0 Å². The molecule has 2 N–H and O–H groups in total. The summed E-state index contributed by atoms with van der Waals surface area (Å²) < 4.78 is 5.52. The van der Waals surface area contributed by atoms with Crippen LogP contribution < -0.4 is 5.73 Å². The Morgan fingerprint density at radius 2 is 2.10 bits per heavy atom. The maximum atomic E-state index is 6.03. The lowest BCUT2D eigenvalue weighted by Crippen LogP contribution is -2.48. The Labute approximate surface area is 123 Å². The van der Waals surface area contributed by atoms with E-state index in [1.54, 1.807) is 0 Å². The van der Waals surface area contributed by atoms with Gasteiger partial charge in [0.05, 0.1) is 6.10 Å². The van der Waals surface area contributed by atoms with Crippen LogP contribution in [0.1, 0.15) is 37.7 Å². The predicted molar refractivity (Wildman–Crippen MR) is 83.9 cm³/mol. The van der Waals surface area contributed by atoms with Crippen LogP contribution in [0.2, 0.25) is 0 Å². The molecule has 3 atom stereocenters. The summed E-state index contributed by atoms with van der Waals surface area (Å²) in [6.07, 6.45) is 3.90. The summed E-state index contributed by atoms with van der Waals surface area (Å²) in [5.41, 5.74) is 7.44. The summed E-state index contributed by atoms with van der Waals surface area (Å²) >= 11 is 0. The molecule has 0 amide bonds. The van der Waals surface area contributed by atoms with Gasteiger partial charge >= 0.3 is 0 Å². The molecule has 0 radical (unpaired) electrons. The van der Waals surface area contributed by atoms with E-state index in [1.807, 2.05) is 7.11 Å². The molecule has 3 heteroatoms. The normalized spacial score (nSPS) is 23.4. The van der Waals surface area contributed by atoms with Crippen molar-refractivity contribution in [2.75, 3.05) is 26.7 Å². The monoisotopic (exact) mass is 276 g/mol. The Hall–Kier alpha value is -0.900. The average molecular weight is 276 g/mol. The average Bonchev–Trinajstić information content (AvgIpc) is 2.53. The minimum atomic E-state index is 0.379. The minimum Gasteiger partial charge on any atom is -0.380 e. The van der Waals surface area contributed by atoms with Gasteiger partial charge in [-0.25, -0.2) is 0 Å². The lowest BCUT2D eigenvalue weighted by atomic mass is 9.92. The molecule has 0 bridgehead atoms. The first-order valence-corrected chi connectivity index (χ1v) is 7.76. The lowest BCUT2D eigenvalue weighted by molar-refractivity contribution is 0.0135. The Morgan fingerprint density at radius 3 is 2.75 bits per heavy atom. The maximum absolute atomic E-state index is 6.03. The van der Waals surface area contributed by atoms with Gasteiger partial charge in [0, 0.05) is 26.2 Å². The smallest absolute Gasteiger partial charge is 0.0698 e. The van der Waals surface area contributed by atoms with Gasteiger partial charge in [0.15, 0.2) is 0 Å². The molecule has 0 aromatic heterocycles. The van der Waals surface area contributed by atoms with Crippen molar-refractivity contribution >= 4 is 0 Å². The highest BCUT2D eigenvalue weighted by Crippen LogP contribution is 2.24. The number of benzene rings is 1. The van der Waals surface area contributed by atoms with Crippen molar-refractivity contribution < 1.29 is 4.74 Å². The second-order valence-corrected chi connectivity index (χ2v) is 5.93. The Balaban J connectivity index is 1.94. The molecule has 3 unspecified atom stereocenters. The van der Waals surface area contributed by atoms with E-state index < -0.39 is 0 Å². The fraction of sp³-hybridized carbons (Fsp3) is 0.647. The summed E-state index contributed by atoms with van der Waals surface area (Å²) in [4.78, 5) is 2.52. The SMILES string of the molecule is COC1CCCN(C(CN)CC(C)c2ccccc2)C1. The van der Waals surface area contributed by atoms with E-state index in [9.17, 15) is 0 Å². The molecule has 20 heavy (non-hydrogen) atoms. The van der Waals surface area contributed by atoms with Gasteiger partial charge in [-0.3, -0.25) is 4.90 Å². The molecule has 1 aromatic carbocycles. The van der Waals surface area contributed by atoms with Gasteiger partial charge < -0.3 is 10.5 Å². The van der Waals surface area contributed by atoms with Crippen LogP contribution in [-0.4, -0.2) is 43.8 Å². The first-order valence-electron chi connectivity index (χ1n) is 7.76. The minimum absolute atomic E-state index is 0.379. The van der Waals surface area contributed by atoms with E-state index in [4.69, 9.17) is 10.5 Å². The molecule has 1 saturated heterocycles. The van der Waals surface area contributed by atoms with Crippen LogP contribution in [0.4, 0.5) is 0 Å². The summed E-state index contributed by atoms with van der Waals surface area (Å²) in [5.74, 6) is 0.549. The molecule has 0 aliphatic carbocycles. The molecule has 1 aliphatic rings. The van der Waals surface area contributed by atoms with E-state index in [0.29, 0.717) is 18.1 Å². The summed E-state index contributed by atoms with van der Waals surface area (Å²) in [6, 6.07) is 11.2. The number of methoxy groups -OCH3 is 1. The van der Waals surface area contributed by atoms with Crippen LogP contribution in [0.3, 0.4) is 0 Å². The lowest BCUT2D eigenvalue weighted by Gasteiger charge is -2.38. The second kappa shape index (κ2) is 7.77. The van der Waals surface area contributed by atoms with Gasteiger partial charge in [-0.1, -0.05) is 37.3 Å². The molecule has 1 aromatic rings. The molecular weight excluding hydrogens is 248 g/mol. The molecule has 0 spiro atoms. The van der Waals surface area contributed by atoms with E-state index >= 15 is 0 Å². The standard InChI is InChI=1S/C17H28N2O/c1-14(15-7-4-3-5-8-15)11-16(12-18)19-10-6-9-17(13-19)20-2/h3-5,7-8,14,16-17H,6,9-13,18H2,1-2H3. The first-order chi connectivity index (χ1) is 9.74. The third-order valence-corrected chi connectivity index (χ3v) is 4.53. The van der Waals surface area contributed by atoms with E-state index in [0.717, 1.165) is 26.1 Å². The number of ether oxygens (including phenoxy) is 1. The number of hydrogen-bond acceptors (Lipinski definition) is 3. The highest BCUT2D eigenvalue weighted by Gasteiger charge is 2.26. The second-order valence-electron chi connectivity index (χ2n) is 5.93. The van der Waals surface area contributed by atoms with Crippen molar-refractivity contribution in [3.8, 4) is 0 Å². The number of likely N-dealkylation sites (tertiary alicyclic amines) is 1. The van der Waals surface area contributed by atoms with Crippen LogP contribution in [0.15, 0.2) is 30.3 Å².